The molecule has 5 rings (SSSR count). The van der Waals surface area contributed by atoms with Crippen molar-refractivity contribution in [3.63, 3.8) is 0 Å². The Labute approximate surface area is 165 Å². The van der Waals surface area contributed by atoms with Crippen LogP contribution in [-0.4, -0.2) is 44.7 Å². The first-order chi connectivity index (χ1) is 14.1. The molecule has 8 nitrogen and oxygen atoms in total. The SMILES string of the molecule is O=C(Cn1c(=O)oc2ccccc21)N1C[C@H]2C[C@@H](C1)[C@H](CO)n1c2cccc1=O. The molecule has 0 aliphatic carbocycles. The van der Waals surface area contributed by atoms with Crippen LogP contribution in [-0.2, 0) is 11.3 Å². The zero-order valence-electron chi connectivity index (χ0n) is 15.7. The highest BCUT2D eigenvalue weighted by Crippen LogP contribution is 2.40. The van der Waals surface area contributed by atoms with Gasteiger partial charge in [0.15, 0.2) is 5.58 Å². The van der Waals surface area contributed by atoms with Gasteiger partial charge in [-0.3, -0.25) is 14.2 Å². The highest BCUT2D eigenvalue weighted by atomic mass is 16.4. The lowest BCUT2D eigenvalue weighted by Gasteiger charge is -2.46. The predicted octanol–water partition coefficient (Wildman–Crippen LogP) is 0.935. The molecule has 2 bridgehead atoms. The second-order valence-electron chi connectivity index (χ2n) is 7.82. The largest absolute Gasteiger partial charge is 0.420 e. The summed E-state index contributed by atoms with van der Waals surface area (Å²) in [6, 6.07) is 11.8. The average molecular weight is 395 g/mol. The van der Waals surface area contributed by atoms with Gasteiger partial charge in [-0.1, -0.05) is 18.2 Å². The summed E-state index contributed by atoms with van der Waals surface area (Å²) in [6.07, 6.45) is 0.826. The Balaban J connectivity index is 1.45. The molecule has 1 amide bonds. The molecule has 4 heterocycles. The summed E-state index contributed by atoms with van der Waals surface area (Å²) in [5, 5.41) is 9.94. The third-order valence-corrected chi connectivity index (χ3v) is 6.21. The number of hydrogen-bond acceptors (Lipinski definition) is 5. The van der Waals surface area contributed by atoms with Crippen molar-refractivity contribution >= 4 is 17.0 Å². The van der Waals surface area contributed by atoms with Gasteiger partial charge >= 0.3 is 5.76 Å². The number of piperidine rings is 1. The molecule has 1 fully saturated rings. The molecule has 1 saturated heterocycles. The van der Waals surface area contributed by atoms with E-state index >= 15 is 0 Å². The number of aliphatic hydroxyl groups is 1. The third kappa shape index (κ3) is 2.82. The van der Waals surface area contributed by atoms with Crippen molar-refractivity contribution in [3.05, 3.63) is 69.1 Å². The number of oxazole rings is 1. The van der Waals surface area contributed by atoms with E-state index in [1.165, 1.54) is 10.6 Å². The number of hydrogen-bond donors (Lipinski definition) is 1. The van der Waals surface area contributed by atoms with E-state index in [9.17, 15) is 19.5 Å². The molecular formula is C21H21N3O5. The molecule has 1 N–H and O–H groups in total. The molecule has 1 aromatic carbocycles. The van der Waals surface area contributed by atoms with Gasteiger partial charge < -0.3 is 19.0 Å². The number of para-hydroxylation sites is 2. The molecule has 0 spiro atoms. The first kappa shape index (κ1) is 17.9. The zero-order valence-corrected chi connectivity index (χ0v) is 15.7. The fraction of sp³-hybridized carbons (Fsp3) is 0.381. The van der Waals surface area contributed by atoms with E-state index in [1.807, 2.05) is 6.07 Å². The molecular weight excluding hydrogens is 374 g/mol. The third-order valence-electron chi connectivity index (χ3n) is 6.21. The van der Waals surface area contributed by atoms with E-state index < -0.39 is 5.76 Å². The molecule has 8 heteroatoms. The summed E-state index contributed by atoms with van der Waals surface area (Å²) in [6.45, 7) is 0.691. The molecule has 2 aliphatic rings. The summed E-state index contributed by atoms with van der Waals surface area (Å²) in [5.41, 5.74) is 1.78. The fourth-order valence-electron chi connectivity index (χ4n) is 4.88. The van der Waals surface area contributed by atoms with Gasteiger partial charge in [-0.05, 0) is 24.6 Å². The molecule has 3 atom stereocenters. The Hall–Kier alpha value is -3.13. The van der Waals surface area contributed by atoms with Gasteiger partial charge in [0.2, 0.25) is 5.91 Å². The maximum Gasteiger partial charge on any atom is 0.420 e. The summed E-state index contributed by atoms with van der Waals surface area (Å²) in [7, 11) is 0. The minimum Gasteiger partial charge on any atom is -0.408 e. The van der Waals surface area contributed by atoms with Crippen LogP contribution in [0.2, 0.25) is 0 Å². The Morgan fingerprint density at radius 3 is 2.76 bits per heavy atom. The number of rotatable bonds is 3. The quantitative estimate of drug-likeness (QED) is 0.712. The van der Waals surface area contributed by atoms with E-state index in [2.05, 4.69) is 0 Å². The molecule has 0 unspecified atom stereocenters. The maximum atomic E-state index is 13.1. The van der Waals surface area contributed by atoms with Gasteiger partial charge in [0.05, 0.1) is 18.2 Å². The summed E-state index contributed by atoms with van der Waals surface area (Å²) in [5.74, 6) is -0.695. The van der Waals surface area contributed by atoms with Crippen molar-refractivity contribution in [2.24, 2.45) is 5.92 Å². The van der Waals surface area contributed by atoms with Crippen molar-refractivity contribution in [2.75, 3.05) is 19.7 Å². The number of likely N-dealkylation sites (tertiary alicyclic amines) is 1. The van der Waals surface area contributed by atoms with Crippen LogP contribution in [0.3, 0.4) is 0 Å². The number of pyridine rings is 1. The number of aromatic nitrogens is 2. The normalized spacial score (nSPS) is 23.2. The van der Waals surface area contributed by atoms with Crippen LogP contribution in [0.1, 0.15) is 24.1 Å². The van der Waals surface area contributed by atoms with Gasteiger partial charge in [-0.15, -0.1) is 0 Å². The van der Waals surface area contributed by atoms with Crippen LogP contribution in [0.4, 0.5) is 0 Å². The summed E-state index contributed by atoms with van der Waals surface area (Å²) < 4.78 is 8.26. The number of nitrogens with zero attached hydrogens (tertiary/aromatic N) is 3. The van der Waals surface area contributed by atoms with Crippen LogP contribution in [0, 0.1) is 5.92 Å². The van der Waals surface area contributed by atoms with E-state index in [1.54, 1.807) is 39.8 Å². The number of carbonyl (C=O) groups excluding carboxylic acids is 1. The lowest BCUT2D eigenvalue weighted by molar-refractivity contribution is -0.135. The van der Waals surface area contributed by atoms with E-state index in [4.69, 9.17) is 4.42 Å². The molecule has 2 aromatic heterocycles. The number of benzene rings is 1. The standard InChI is InChI=1S/C21H21N3O5/c25-12-17-14-8-13(15-5-3-7-19(26)24(15)17)9-22(10-14)20(27)11-23-16-4-1-2-6-18(16)29-21(23)28/h1-7,13-14,17,25H,8-12H2/t13-,14+,17+/m1/s1. The Kier molecular flexibility index (Phi) is 4.16. The molecule has 0 radical (unpaired) electrons. The molecule has 0 saturated carbocycles. The lowest BCUT2D eigenvalue weighted by Crippen LogP contribution is -2.52. The van der Waals surface area contributed by atoms with Gasteiger partial charge in [-0.25, -0.2) is 4.79 Å². The van der Waals surface area contributed by atoms with Crippen molar-refractivity contribution in [3.8, 4) is 0 Å². The Morgan fingerprint density at radius 1 is 1.10 bits per heavy atom. The van der Waals surface area contributed by atoms with E-state index in [0.29, 0.717) is 24.2 Å². The Bertz CT molecular complexity index is 1210. The van der Waals surface area contributed by atoms with Gasteiger partial charge in [0, 0.05) is 36.7 Å². The number of carbonyl (C=O) groups is 1. The minimum absolute atomic E-state index is 0.00637. The van der Waals surface area contributed by atoms with E-state index in [-0.39, 0.29) is 42.5 Å². The van der Waals surface area contributed by atoms with Crippen molar-refractivity contribution in [2.45, 2.75) is 24.9 Å². The van der Waals surface area contributed by atoms with Crippen molar-refractivity contribution in [1.29, 1.82) is 0 Å². The van der Waals surface area contributed by atoms with Crippen LogP contribution in [0.5, 0.6) is 0 Å². The molecule has 3 aromatic rings. The predicted molar refractivity (Wildman–Crippen MR) is 105 cm³/mol. The van der Waals surface area contributed by atoms with Gasteiger partial charge in [0.1, 0.15) is 6.54 Å². The molecule has 29 heavy (non-hydrogen) atoms. The highest BCUT2D eigenvalue weighted by molar-refractivity contribution is 5.79. The lowest BCUT2D eigenvalue weighted by atomic mass is 9.78. The first-order valence-electron chi connectivity index (χ1n) is 9.75. The smallest absolute Gasteiger partial charge is 0.408 e. The van der Waals surface area contributed by atoms with Crippen LogP contribution in [0.15, 0.2) is 56.5 Å². The summed E-state index contributed by atoms with van der Waals surface area (Å²) in [4.78, 5) is 39.4. The van der Waals surface area contributed by atoms with Crippen LogP contribution < -0.4 is 11.3 Å². The second kappa shape index (κ2) is 6.73. The highest BCUT2D eigenvalue weighted by Gasteiger charge is 2.41. The fourth-order valence-corrected chi connectivity index (χ4v) is 4.88. The first-order valence-corrected chi connectivity index (χ1v) is 9.75. The maximum absolute atomic E-state index is 13.1. The van der Waals surface area contributed by atoms with Crippen molar-refractivity contribution in [1.82, 2.24) is 14.0 Å². The monoisotopic (exact) mass is 395 g/mol. The van der Waals surface area contributed by atoms with Crippen LogP contribution in [0.25, 0.3) is 11.1 Å². The molecule has 2 aliphatic heterocycles. The van der Waals surface area contributed by atoms with Crippen molar-refractivity contribution < 1.29 is 14.3 Å². The topological polar surface area (TPSA) is 97.7 Å². The number of fused-ring (bicyclic) bond motifs is 5. The minimum atomic E-state index is -0.554. The van der Waals surface area contributed by atoms with Gasteiger partial charge in [-0.2, -0.15) is 0 Å². The second-order valence-corrected chi connectivity index (χ2v) is 7.82. The van der Waals surface area contributed by atoms with E-state index in [0.717, 1.165) is 12.1 Å². The average Bonchev–Trinajstić information content (AvgIpc) is 3.04. The van der Waals surface area contributed by atoms with Gasteiger partial charge in [0.25, 0.3) is 5.56 Å². The van der Waals surface area contributed by atoms with Crippen LogP contribution >= 0.6 is 0 Å². The number of amides is 1. The summed E-state index contributed by atoms with van der Waals surface area (Å²) >= 11 is 0. The Morgan fingerprint density at radius 2 is 1.93 bits per heavy atom. The molecule has 150 valence electrons. The number of aliphatic hydroxyl groups excluding tert-OH is 1. The zero-order chi connectivity index (χ0) is 20.1.